The Morgan fingerprint density at radius 2 is 2.06 bits per heavy atom. The molecule has 3 rings (SSSR count). The van der Waals surface area contributed by atoms with Gasteiger partial charge in [0.15, 0.2) is 11.5 Å². The molecule has 2 heterocycles. The number of ether oxygens (including phenoxy) is 2. The van der Waals surface area contributed by atoms with E-state index in [9.17, 15) is 0 Å². The van der Waals surface area contributed by atoms with Gasteiger partial charge < -0.3 is 19.2 Å². The molecule has 88 valence electrons. The lowest BCUT2D eigenvalue weighted by atomic mass is 10.2. The van der Waals surface area contributed by atoms with Crippen molar-refractivity contribution in [2.75, 3.05) is 19.0 Å². The molecule has 0 saturated heterocycles. The van der Waals surface area contributed by atoms with Gasteiger partial charge in [-0.05, 0) is 12.1 Å². The van der Waals surface area contributed by atoms with Gasteiger partial charge in [0.2, 0.25) is 6.10 Å². The number of nitrogens with one attached hydrogen (secondary N) is 1. The lowest BCUT2D eigenvalue weighted by molar-refractivity contribution is 0.0717. The van der Waals surface area contributed by atoms with Crippen molar-refractivity contribution in [2.24, 2.45) is 0 Å². The largest absolute Gasteiger partial charge is 0.485 e. The van der Waals surface area contributed by atoms with Gasteiger partial charge >= 0.3 is 6.01 Å². The second-order valence-electron chi connectivity index (χ2n) is 3.56. The number of nitrogens with zero attached hydrogens (tertiary/aromatic N) is 2. The first-order valence-corrected chi connectivity index (χ1v) is 5.26. The molecule has 1 aliphatic rings. The maximum absolute atomic E-state index is 5.73. The van der Waals surface area contributed by atoms with Crippen molar-refractivity contribution in [3.63, 3.8) is 0 Å². The molecule has 0 saturated carbocycles. The first kappa shape index (κ1) is 9.95. The smallest absolute Gasteiger partial charge is 0.315 e. The van der Waals surface area contributed by atoms with Gasteiger partial charge in [0.1, 0.15) is 6.61 Å². The third-order valence-electron chi connectivity index (χ3n) is 2.44. The molecule has 0 radical (unpaired) electrons. The Morgan fingerprint density at radius 1 is 1.24 bits per heavy atom. The summed E-state index contributed by atoms with van der Waals surface area (Å²) in [7, 11) is 1.71. The van der Waals surface area contributed by atoms with Gasteiger partial charge in [-0.25, -0.2) is 0 Å². The Morgan fingerprint density at radius 3 is 2.82 bits per heavy atom. The van der Waals surface area contributed by atoms with Gasteiger partial charge in [0.25, 0.3) is 5.89 Å². The van der Waals surface area contributed by atoms with Crippen LogP contribution in [0.2, 0.25) is 0 Å². The third-order valence-corrected chi connectivity index (χ3v) is 2.44. The number of para-hydroxylation sites is 2. The molecule has 1 aromatic carbocycles. The maximum Gasteiger partial charge on any atom is 0.315 e. The average Bonchev–Trinajstić information content (AvgIpc) is 2.87. The zero-order valence-corrected chi connectivity index (χ0v) is 9.21. The quantitative estimate of drug-likeness (QED) is 0.850. The molecule has 0 aliphatic carbocycles. The molecule has 6 nitrogen and oxygen atoms in total. The summed E-state index contributed by atoms with van der Waals surface area (Å²) in [5.74, 6) is 1.83. The first-order chi connectivity index (χ1) is 8.36. The summed E-state index contributed by atoms with van der Waals surface area (Å²) < 4.78 is 16.6. The molecule has 0 fully saturated rings. The zero-order chi connectivity index (χ0) is 11.7. The van der Waals surface area contributed by atoms with Crippen LogP contribution >= 0.6 is 0 Å². The van der Waals surface area contributed by atoms with Crippen LogP contribution in [0.3, 0.4) is 0 Å². The fraction of sp³-hybridized carbons (Fsp3) is 0.273. The maximum atomic E-state index is 5.73. The van der Waals surface area contributed by atoms with Gasteiger partial charge in [-0.1, -0.05) is 17.2 Å². The Labute approximate surface area is 97.6 Å². The highest BCUT2D eigenvalue weighted by molar-refractivity contribution is 5.40. The molecule has 0 amide bonds. The van der Waals surface area contributed by atoms with E-state index in [0.717, 1.165) is 5.75 Å². The van der Waals surface area contributed by atoms with Crippen molar-refractivity contribution >= 4 is 6.01 Å². The van der Waals surface area contributed by atoms with Crippen LogP contribution in [0.5, 0.6) is 11.5 Å². The Kier molecular flexibility index (Phi) is 2.32. The Hall–Kier alpha value is -2.24. The van der Waals surface area contributed by atoms with Crippen LogP contribution in [-0.4, -0.2) is 23.9 Å². The lowest BCUT2D eigenvalue weighted by Gasteiger charge is -2.23. The molecule has 2 aromatic rings. The summed E-state index contributed by atoms with van der Waals surface area (Å²) in [5.41, 5.74) is 0. The molecule has 17 heavy (non-hydrogen) atoms. The number of aromatic nitrogens is 2. The van der Waals surface area contributed by atoms with E-state index in [0.29, 0.717) is 24.3 Å². The minimum atomic E-state index is -0.362. The SMILES string of the molecule is CNc1nnc([C@@H]2COc3ccccc3O2)o1. The minimum Gasteiger partial charge on any atom is -0.485 e. The lowest BCUT2D eigenvalue weighted by Crippen LogP contribution is -2.21. The van der Waals surface area contributed by atoms with Crippen molar-refractivity contribution in [1.82, 2.24) is 10.2 Å². The average molecular weight is 233 g/mol. The predicted octanol–water partition coefficient (Wildman–Crippen LogP) is 1.62. The van der Waals surface area contributed by atoms with E-state index in [4.69, 9.17) is 13.9 Å². The van der Waals surface area contributed by atoms with E-state index in [1.165, 1.54) is 0 Å². The van der Waals surface area contributed by atoms with Crippen LogP contribution in [-0.2, 0) is 0 Å². The standard InChI is InChI=1S/C11H11N3O3/c1-12-11-14-13-10(17-11)9-6-15-7-4-2-3-5-8(7)16-9/h2-5,9H,6H2,1H3,(H,12,14)/t9-/m0/s1. The van der Waals surface area contributed by atoms with Gasteiger partial charge in [0, 0.05) is 7.05 Å². The highest BCUT2D eigenvalue weighted by Gasteiger charge is 2.26. The van der Waals surface area contributed by atoms with Crippen LogP contribution in [0, 0.1) is 0 Å². The number of hydrogen-bond acceptors (Lipinski definition) is 6. The molecule has 0 spiro atoms. The molecule has 1 N–H and O–H groups in total. The Balaban J connectivity index is 1.84. The molecule has 1 aromatic heterocycles. The summed E-state index contributed by atoms with van der Waals surface area (Å²) in [6.45, 7) is 0.363. The second-order valence-corrected chi connectivity index (χ2v) is 3.56. The van der Waals surface area contributed by atoms with Gasteiger partial charge in [-0.2, -0.15) is 0 Å². The van der Waals surface area contributed by atoms with Crippen molar-refractivity contribution in [3.8, 4) is 11.5 Å². The number of fused-ring (bicyclic) bond motifs is 1. The normalized spacial score (nSPS) is 17.8. The zero-order valence-electron chi connectivity index (χ0n) is 9.21. The first-order valence-electron chi connectivity index (χ1n) is 5.26. The fourth-order valence-electron chi connectivity index (χ4n) is 1.61. The van der Waals surface area contributed by atoms with Crippen LogP contribution in [0.4, 0.5) is 6.01 Å². The van der Waals surface area contributed by atoms with Crippen LogP contribution in [0.25, 0.3) is 0 Å². The number of benzene rings is 1. The van der Waals surface area contributed by atoms with E-state index in [1.54, 1.807) is 7.05 Å². The summed E-state index contributed by atoms with van der Waals surface area (Å²) in [5, 5.41) is 10.5. The highest BCUT2D eigenvalue weighted by atomic mass is 16.6. The molecule has 1 atom stereocenters. The molecular formula is C11H11N3O3. The topological polar surface area (TPSA) is 69.4 Å². The summed E-state index contributed by atoms with van der Waals surface area (Å²) in [6, 6.07) is 7.85. The van der Waals surface area contributed by atoms with Gasteiger partial charge in [0.05, 0.1) is 0 Å². The number of hydrogen-bond donors (Lipinski definition) is 1. The monoisotopic (exact) mass is 233 g/mol. The fourth-order valence-corrected chi connectivity index (χ4v) is 1.61. The van der Waals surface area contributed by atoms with E-state index in [2.05, 4.69) is 15.5 Å². The van der Waals surface area contributed by atoms with E-state index >= 15 is 0 Å². The highest BCUT2D eigenvalue weighted by Crippen LogP contribution is 2.35. The third kappa shape index (κ3) is 1.77. The number of anilines is 1. The van der Waals surface area contributed by atoms with E-state index < -0.39 is 0 Å². The second kappa shape index (κ2) is 3.97. The molecule has 0 unspecified atom stereocenters. The van der Waals surface area contributed by atoms with Crippen LogP contribution in [0.15, 0.2) is 28.7 Å². The molecule has 6 heteroatoms. The van der Waals surface area contributed by atoms with Gasteiger partial charge in [-0.3, -0.25) is 0 Å². The molecular weight excluding hydrogens is 222 g/mol. The van der Waals surface area contributed by atoms with Gasteiger partial charge in [-0.15, -0.1) is 5.10 Å². The van der Waals surface area contributed by atoms with Crippen molar-refractivity contribution in [1.29, 1.82) is 0 Å². The Bertz CT molecular complexity index is 526. The summed E-state index contributed by atoms with van der Waals surface area (Å²) in [4.78, 5) is 0. The molecule has 1 aliphatic heterocycles. The van der Waals surface area contributed by atoms with Crippen molar-refractivity contribution < 1.29 is 13.9 Å². The predicted molar refractivity (Wildman–Crippen MR) is 59.2 cm³/mol. The summed E-state index contributed by atoms with van der Waals surface area (Å²) in [6.07, 6.45) is -0.362. The minimum absolute atomic E-state index is 0.362. The van der Waals surface area contributed by atoms with E-state index in [-0.39, 0.29) is 6.10 Å². The molecule has 0 bridgehead atoms. The van der Waals surface area contributed by atoms with Crippen LogP contribution in [0.1, 0.15) is 12.0 Å². The van der Waals surface area contributed by atoms with Crippen LogP contribution < -0.4 is 14.8 Å². The summed E-state index contributed by atoms with van der Waals surface area (Å²) >= 11 is 0. The van der Waals surface area contributed by atoms with Crippen molar-refractivity contribution in [3.05, 3.63) is 30.2 Å². The van der Waals surface area contributed by atoms with Crippen molar-refractivity contribution in [2.45, 2.75) is 6.10 Å². The van der Waals surface area contributed by atoms with E-state index in [1.807, 2.05) is 24.3 Å². The number of rotatable bonds is 2.